The number of halogens is 1. The van der Waals surface area contributed by atoms with Crippen LogP contribution in [-0.2, 0) is 23.9 Å². The number of aromatic nitrogens is 2. The highest BCUT2D eigenvalue weighted by Crippen LogP contribution is 2.57. The SMILES string of the molecule is C=C(/C=C(/C(=O)NCC12CCC(C(=O)OC)(CC1)CC2)n1ncc(F)c1C)C(=O)OC. The second-order valence-electron chi connectivity index (χ2n) is 8.49. The van der Waals surface area contributed by atoms with Gasteiger partial charge in [0.05, 0.1) is 37.1 Å². The Morgan fingerprint density at radius 3 is 2.29 bits per heavy atom. The molecule has 3 aliphatic rings. The van der Waals surface area contributed by atoms with E-state index >= 15 is 0 Å². The molecule has 168 valence electrons. The van der Waals surface area contributed by atoms with E-state index in [1.165, 1.54) is 27.2 Å². The summed E-state index contributed by atoms with van der Waals surface area (Å²) in [6, 6.07) is 0. The summed E-state index contributed by atoms with van der Waals surface area (Å²) < 4.78 is 24.6. The summed E-state index contributed by atoms with van der Waals surface area (Å²) in [7, 11) is 2.63. The van der Waals surface area contributed by atoms with E-state index in [1.54, 1.807) is 0 Å². The molecular weight excluding hydrogens is 405 g/mol. The molecule has 1 aromatic rings. The van der Waals surface area contributed by atoms with Crippen molar-refractivity contribution in [3.8, 4) is 0 Å². The Morgan fingerprint density at radius 2 is 1.81 bits per heavy atom. The Balaban J connectivity index is 1.76. The molecule has 1 N–H and O–H groups in total. The first-order chi connectivity index (χ1) is 14.7. The topological polar surface area (TPSA) is 99.5 Å². The number of carbonyl (C=O) groups excluding carboxylic acids is 3. The van der Waals surface area contributed by atoms with Crippen LogP contribution in [0.3, 0.4) is 0 Å². The van der Waals surface area contributed by atoms with Gasteiger partial charge in [-0.3, -0.25) is 9.59 Å². The number of esters is 2. The van der Waals surface area contributed by atoms with Gasteiger partial charge in [0.1, 0.15) is 5.70 Å². The molecular formula is C22H28FN3O5. The molecule has 3 saturated carbocycles. The molecule has 1 heterocycles. The van der Waals surface area contributed by atoms with Crippen LogP contribution < -0.4 is 5.32 Å². The second-order valence-corrected chi connectivity index (χ2v) is 8.49. The largest absolute Gasteiger partial charge is 0.469 e. The standard InChI is InChI=1S/C22H28FN3O5/c1-14(19(28)30-3)11-17(26-15(2)16(23)12-25-26)18(27)24-13-21-5-8-22(9-6-21,10-7-21)20(29)31-4/h11-12H,1,5-10,13H2,2-4H3,(H,24,27)/b17-11-. The third-order valence-electron chi connectivity index (χ3n) is 6.81. The minimum Gasteiger partial charge on any atom is -0.469 e. The molecule has 0 atom stereocenters. The van der Waals surface area contributed by atoms with Gasteiger partial charge in [-0.05, 0) is 56.9 Å². The lowest BCUT2D eigenvalue weighted by molar-refractivity contribution is -0.162. The first kappa shape index (κ1) is 22.7. The number of methoxy groups -OCH3 is 2. The van der Waals surface area contributed by atoms with Crippen molar-refractivity contribution in [1.82, 2.24) is 15.1 Å². The van der Waals surface area contributed by atoms with Gasteiger partial charge in [-0.2, -0.15) is 5.10 Å². The lowest BCUT2D eigenvalue weighted by atomic mass is 9.53. The molecule has 1 amide bonds. The highest BCUT2D eigenvalue weighted by atomic mass is 19.1. The van der Waals surface area contributed by atoms with Crippen molar-refractivity contribution in [1.29, 1.82) is 0 Å². The van der Waals surface area contributed by atoms with E-state index in [1.807, 2.05) is 0 Å². The van der Waals surface area contributed by atoms with Gasteiger partial charge in [-0.15, -0.1) is 0 Å². The van der Waals surface area contributed by atoms with Gasteiger partial charge < -0.3 is 14.8 Å². The first-order valence-corrected chi connectivity index (χ1v) is 10.2. The third kappa shape index (κ3) is 4.26. The molecule has 3 fully saturated rings. The molecule has 4 rings (SSSR count). The summed E-state index contributed by atoms with van der Waals surface area (Å²) >= 11 is 0. The quantitative estimate of drug-likeness (QED) is 0.403. The zero-order chi connectivity index (χ0) is 22.8. The fourth-order valence-electron chi connectivity index (χ4n) is 4.62. The van der Waals surface area contributed by atoms with E-state index in [-0.39, 0.29) is 28.3 Å². The summed E-state index contributed by atoms with van der Waals surface area (Å²) in [5.41, 5.74) is -0.438. The number of fused-ring (bicyclic) bond motifs is 3. The minimum absolute atomic E-state index is 0.0243. The molecule has 0 aromatic carbocycles. The van der Waals surface area contributed by atoms with Crippen molar-refractivity contribution in [2.45, 2.75) is 45.4 Å². The summed E-state index contributed by atoms with van der Waals surface area (Å²) in [4.78, 5) is 37.0. The smallest absolute Gasteiger partial charge is 0.337 e. The minimum atomic E-state index is -0.701. The van der Waals surface area contributed by atoms with Crippen LogP contribution in [0, 0.1) is 23.6 Å². The number of nitrogens with zero attached hydrogens (tertiary/aromatic N) is 2. The summed E-state index contributed by atoms with van der Waals surface area (Å²) in [6.45, 7) is 5.51. The van der Waals surface area contributed by atoms with Crippen molar-refractivity contribution in [2.24, 2.45) is 10.8 Å². The Bertz CT molecular complexity index is 924. The number of hydrogen-bond acceptors (Lipinski definition) is 6. The van der Waals surface area contributed by atoms with E-state index in [0.717, 1.165) is 49.4 Å². The van der Waals surface area contributed by atoms with Crippen LogP contribution >= 0.6 is 0 Å². The number of amides is 1. The molecule has 2 bridgehead atoms. The number of hydrogen-bond donors (Lipinski definition) is 1. The van der Waals surface area contributed by atoms with Gasteiger partial charge >= 0.3 is 11.9 Å². The second kappa shape index (κ2) is 8.64. The predicted octanol–water partition coefficient (Wildman–Crippen LogP) is 2.53. The molecule has 0 unspecified atom stereocenters. The van der Waals surface area contributed by atoms with Crippen molar-refractivity contribution < 1.29 is 28.2 Å². The van der Waals surface area contributed by atoms with Gasteiger partial charge in [0.2, 0.25) is 0 Å². The van der Waals surface area contributed by atoms with Crippen molar-refractivity contribution in [3.05, 3.63) is 35.9 Å². The molecule has 0 spiro atoms. The average Bonchev–Trinajstić information content (AvgIpc) is 3.13. The number of nitrogens with one attached hydrogen (secondary N) is 1. The van der Waals surface area contributed by atoms with Gasteiger partial charge in [0.15, 0.2) is 5.82 Å². The van der Waals surface area contributed by atoms with E-state index in [2.05, 4.69) is 21.7 Å². The van der Waals surface area contributed by atoms with Crippen LogP contribution in [0.15, 0.2) is 24.4 Å². The molecule has 0 saturated heterocycles. The Labute approximate surface area is 180 Å². The van der Waals surface area contributed by atoms with Crippen molar-refractivity contribution in [3.63, 3.8) is 0 Å². The number of rotatable bonds is 7. The Morgan fingerprint density at radius 1 is 1.19 bits per heavy atom. The lowest BCUT2D eigenvalue weighted by Crippen LogP contribution is -2.50. The average molecular weight is 433 g/mol. The first-order valence-electron chi connectivity index (χ1n) is 10.2. The normalized spacial score (nSPS) is 25.1. The summed E-state index contributed by atoms with van der Waals surface area (Å²) in [6.07, 6.45) is 6.89. The third-order valence-corrected chi connectivity index (χ3v) is 6.81. The van der Waals surface area contributed by atoms with Crippen LogP contribution in [0.25, 0.3) is 5.70 Å². The van der Waals surface area contributed by atoms with E-state index in [0.29, 0.717) is 6.54 Å². The maximum absolute atomic E-state index is 13.9. The van der Waals surface area contributed by atoms with Gasteiger partial charge in [0, 0.05) is 6.54 Å². The lowest BCUT2D eigenvalue weighted by Gasteiger charge is -2.51. The zero-order valence-electron chi connectivity index (χ0n) is 18.1. The van der Waals surface area contributed by atoms with E-state index in [9.17, 15) is 18.8 Å². The van der Waals surface area contributed by atoms with E-state index in [4.69, 9.17) is 4.74 Å². The van der Waals surface area contributed by atoms with Gasteiger partial charge in [-0.1, -0.05) is 6.58 Å². The van der Waals surface area contributed by atoms with Crippen LogP contribution in [0.2, 0.25) is 0 Å². The molecule has 9 heteroatoms. The van der Waals surface area contributed by atoms with Crippen molar-refractivity contribution >= 4 is 23.5 Å². The molecule has 1 aromatic heterocycles. The van der Waals surface area contributed by atoms with Crippen LogP contribution in [0.1, 0.15) is 44.2 Å². The summed E-state index contributed by atoms with van der Waals surface area (Å²) in [5, 5.41) is 6.84. The monoisotopic (exact) mass is 433 g/mol. The molecule has 3 aliphatic carbocycles. The summed E-state index contributed by atoms with van der Waals surface area (Å²) in [5.74, 6) is -1.92. The van der Waals surface area contributed by atoms with E-state index < -0.39 is 23.1 Å². The highest BCUT2D eigenvalue weighted by Gasteiger charge is 2.53. The van der Waals surface area contributed by atoms with Gasteiger partial charge in [0.25, 0.3) is 5.91 Å². The predicted molar refractivity (Wildman–Crippen MR) is 110 cm³/mol. The molecule has 8 nitrogen and oxygen atoms in total. The van der Waals surface area contributed by atoms with Crippen LogP contribution in [-0.4, -0.2) is 48.4 Å². The highest BCUT2D eigenvalue weighted by molar-refractivity contribution is 6.15. The van der Waals surface area contributed by atoms with Gasteiger partial charge in [-0.25, -0.2) is 13.9 Å². The molecule has 31 heavy (non-hydrogen) atoms. The molecule has 0 radical (unpaired) electrons. The number of carbonyl (C=O) groups is 3. The fourth-order valence-corrected chi connectivity index (χ4v) is 4.62. The fraction of sp³-hybridized carbons (Fsp3) is 0.545. The molecule has 0 aliphatic heterocycles. The maximum atomic E-state index is 13.9. The van der Waals surface area contributed by atoms with Crippen molar-refractivity contribution in [2.75, 3.05) is 20.8 Å². The number of ether oxygens (including phenoxy) is 2. The maximum Gasteiger partial charge on any atom is 0.337 e. The Hall–Kier alpha value is -2.97. The zero-order valence-corrected chi connectivity index (χ0v) is 18.1. The van der Waals surface area contributed by atoms with Crippen LogP contribution in [0.4, 0.5) is 4.39 Å². The Kier molecular flexibility index (Phi) is 6.33. The van der Waals surface area contributed by atoms with Crippen LogP contribution in [0.5, 0.6) is 0 Å².